The van der Waals surface area contributed by atoms with Crippen molar-refractivity contribution in [2.45, 2.75) is 6.54 Å². The summed E-state index contributed by atoms with van der Waals surface area (Å²) in [5.41, 5.74) is 1.44. The molecule has 0 atom stereocenters. The summed E-state index contributed by atoms with van der Waals surface area (Å²) in [6, 6.07) is 10.4. The Hall–Kier alpha value is -2.07. The van der Waals surface area contributed by atoms with Crippen LogP contribution >= 0.6 is 11.6 Å². The normalized spacial score (nSPS) is 10.2. The van der Waals surface area contributed by atoms with Crippen molar-refractivity contribution in [2.75, 3.05) is 7.05 Å². The molecule has 5 heteroatoms. The second-order valence-electron chi connectivity index (χ2n) is 4.24. The summed E-state index contributed by atoms with van der Waals surface area (Å²) in [6.45, 7) is 0.464. The molecule has 0 aliphatic rings. The first-order chi connectivity index (χ1) is 9.06. The van der Waals surface area contributed by atoms with Crippen LogP contribution < -0.4 is 4.73 Å². The molecule has 0 N–H and O–H groups in total. The van der Waals surface area contributed by atoms with Gasteiger partial charge in [-0.15, -0.1) is 0 Å². The number of rotatable bonds is 3. The predicted molar refractivity (Wildman–Crippen MR) is 72.7 cm³/mol. The molecule has 0 aliphatic heterocycles. The van der Waals surface area contributed by atoms with Crippen LogP contribution in [-0.4, -0.2) is 17.9 Å². The summed E-state index contributed by atoms with van der Waals surface area (Å²) in [6.07, 6.45) is 2.61. The second kappa shape index (κ2) is 5.71. The van der Waals surface area contributed by atoms with E-state index < -0.39 is 0 Å². The van der Waals surface area contributed by atoms with Crippen LogP contribution in [0.5, 0.6) is 0 Å². The van der Waals surface area contributed by atoms with E-state index in [9.17, 15) is 10.0 Å². The van der Waals surface area contributed by atoms with Gasteiger partial charge < -0.3 is 10.1 Å². The number of amides is 1. The van der Waals surface area contributed by atoms with Gasteiger partial charge in [-0.1, -0.05) is 23.7 Å². The van der Waals surface area contributed by atoms with Gasteiger partial charge in [0.15, 0.2) is 12.4 Å². The fraction of sp³-hybridized carbons (Fsp3) is 0.143. The lowest BCUT2D eigenvalue weighted by Crippen LogP contribution is -2.29. The van der Waals surface area contributed by atoms with Crippen molar-refractivity contribution in [3.8, 4) is 0 Å². The SMILES string of the molecule is CN(Cc1cccc(Cl)c1)C(=O)c1cc[n+]([O-])cc1. The van der Waals surface area contributed by atoms with Crippen LogP contribution in [0.2, 0.25) is 5.02 Å². The van der Waals surface area contributed by atoms with Gasteiger partial charge >= 0.3 is 0 Å². The minimum absolute atomic E-state index is 0.138. The average Bonchev–Trinajstić information content (AvgIpc) is 2.39. The lowest BCUT2D eigenvalue weighted by atomic mass is 10.2. The number of carbonyl (C=O) groups is 1. The van der Waals surface area contributed by atoms with Gasteiger partial charge in [0.1, 0.15) is 0 Å². The Morgan fingerprint density at radius 3 is 2.63 bits per heavy atom. The van der Waals surface area contributed by atoms with Crippen LogP contribution in [-0.2, 0) is 6.54 Å². The largest absolute Gasteiger partial charge is 0.619 e. The Labute approximate surface area is 116 Å². The van der Waals surface area contributed by atoms with Crippen molar-refractivity contribution in [2.24, 2.45) is 0 Å². The first kappa shape index (κ1) is 13.4. The number of pyridine rings is 1. The third-order valence-corrected chi connectivity index (χ3v) is 2.94. The topological polar surface area (TPSA) is 47.2 Å². The maximum atomic E-state index is 12.1. The van der Waals surface area contributed by atoms with Gasteiger partial charge in [0.05, 0.1) is 5.56 Å². The number of aromatic nitrogens is 1. The maximum Gasteiger partial charge on any atom is 0.254 e. The van der Waals surface area contributed by atoms with Crippen molar-refractivity contribution in [1.29, 1.82) is 0 Å². The van der Waals surface area contributed by atoms with Gasteiger partial charge in [-0.3, -0.25) is 4.79 Å². The van der Waals surface area contributed by atoms with Crippen molar-refractivity contribution in [3.05, 3.63) is 70.1 Å². The van der Waals surface area contributed by atoms with Crippen LogP contribution in [0, 0.1) is 5.21 Å². The van der Waals surface area contributed by atoms with Crippen molar-refractivity contribution < 1.29 is 9.52 Å². The molecule has 0 radical (unpaired) electrons. The van der Waals surface area contributed by atoms with Gasteiger partial charge in [-0.2, -0.15) is 4.73 Å². The molecule has 2 aromatic rings. The summed E-state index contributed by atoms with van der Waals surface area (Å²) in [5.74, 6) is -0.138. The monoisotopic (exact) mass is 276 g/mol. The highest BCUT2D eigenvalue weighted by atomic mass is 35.5. The van der Waals surface area contributed by atoms with Gasteiger partial charge in [-0.05, 0) is 17.7 Å². The molecule has 1 heterocycles. The second-order valence-corrected chi connectivity index (χ2v) is 4.67. The highest BCUT2D eigenvalue weighted by Gasteiger charge is 2.12. The molecule has 4 nitrogen and oxygen atoms in total. The third kappa shape index (κ3) is 3.45. The molecule has 98 valence electrons. The summed E-state index contributed by atoms with van der Waals surface area (Å²) in [7, 11) is 1.71. The molecular formula is C14H13ClN2O2. The summed E-state index contributed by atoms with van der Waals surface area (Å²) < 4.78 is 0.647. The van der Waals surface area contributed by atoms with Crippen LogP contribution in [0.1, 0.15) is 15.9 Å². The first-order valence-corrected chi connectivity index (χ1v) is 6.13. The molecule has 0 spiro atoms. The molecule has 0 saturated heterocycles. The van der Waals surface area contributed by atoms with E-state index in [1.165, 1.54) is 24.5 Å². The van der Waals surface area contributed by atoms with Crippen LogP contribution in [0.25, 0.3) is 0 Å². The van der Waals surface area contributed by atoms with E-state index in [0.29, 0.717) is 21.9 Å². The predicted octanol–water partition coefficient (Wildman–Crippen LogP) is 2.25. The zero-order valence-electron chi connectivity index (χ0n) is 10.4. The molecule has 0 saturated carbocycles. The maximum absolute atomic E-state index is 12.1. The molecule has 2 rings (SSSR count). The highest BCUT2D eigenvalue weighted by Crippen LogP contribution is 2.13. The number of hydrogen-bond acceptors (Lipinski definition) is 2. The molecule has 1 aromatic carbocycles. The van der Waals surface area contributed by atoms with Crippen LogP contribution in [0.3, 0.4) is 0 Å². The lowest BCUT2D eigenvalue weighted by molar-refractivity contribution is -0.605. The smallest absolute Gasteiger partial charge is 0.254 e. The molecule has 1 aromatic heterocycles. The molecule has 0 unspecified atom stereocenters. The number of benzene rings is 1. The average molecular weight is 277 g/mol. The molecule has 0 fully saturated rings. The molecule has 0 aliphatic carbocycles. The highest BCUT2D eigenvalue weighted by molar-refractivity contribution is 6.30. The van der Waals surface area contributed by atoms with E-state index in [4.69, 9.17) is 11.6 Å². The third-order valence-electron chi connectivity index (χ3n) is 2.70. The lowest BCUT2D eigenvalue weighted by Gasteiger charge is -2.17. The first-order valence-electron chi connectivity index (χ1n) is 5.75. The summed E-state index contributed by atoms with van der Waals surface area (Å²) >= 11 is 5.90. The number of carbonyl (C=O) groups excluding carboxylic acids is 1. The van der Waals surface area contributed by atoms with Crippen LogP contribution in [0.4, 0.5) is 0 Å². The van der Waals surface area contributed by atoms with Gasteiger partial charge in [-0.25, -0.2) is 0 Å². The number of nitrogens with zero attached hydrogens (tertiary/aromatic N) is 2. The van der Waals surface area contributed by atoms with E-state index in [2.05, 4.69) is 0 Å². The summed E-state index contributed by atoms with van der Waals surface area (Å²) in [4.78, 5) is 13.7. The van der Waals surface area contributed by atoms with Gasteiger partial charge in [0.25, 0.3) is 5.91 Å². The number of hydrogen-bond donors (Lipinski definition) is 0. The fourth-order valence-corrected chi connectivity index (χ4v) is 1.97. The Morgan fingerprint density at radius 1 is 1.32 bits per heavy atom. The van der Waals surface area contributed by atoms with Gasteiger partial charge in [0, 0.05) is 30.7 Å². The van der Waals surface area contributed by atoms with E-state index in [1.54, 1.807) is 18.0 Å². The van der Waals surface area contributed by atoms with E-state index in [-0.39, 0.29) is 5.91 Å². The van der Waals surface area contributed by atoms with Crippen molar-refractivity contribution in [1.82, 2.24) is 4.90 Å². The van der Waals surface area contributed by atoms with E-state index in [1.807, 2.05) is 18.2 Å². The Bertz CT molecular complexity index is 584. The Kier molecular flexibility index (Phi) is 4.02. The standard InChI is InChI=1S/C14H13ClN2O2/c1-16(10-11-3-2-4-13(15)9-11)14(18)12-5-7-17(19)8-6-12/h2-9H,10H2,1H3. The van der Waals surface area contributed by atoms with Gasteiger partial charge in [0.2, 0.25) is 0 Å². The minimum Gasteiger partial charge on any atom is -0.619 e. The Balaban J connectivity index is 2.09. The minimum atomic E-state index is -0.138. The van der Waals surface area contributed by atoms with E-state index in [0.717, 1.165) is 5.56 Å². The quantitative estimate of drug-likeness (QED) is 0.638. The molecular weight excluding hydrogens is 264 g/mol. The zero-order valence-corrected chi connectivity index (χ0v) is 11.2. The van der Waals surface area contributed by atoms with Crippen molar-refractivity contribution in [3.63, 3.8) is 0 Å². The molecule has 19 heavy (non-hydrogen) atoms. The Morgan fingerprint density at radius 2 is 2.00 bits per heavy atom. The molecule has 1 amide bonds. The van der Waals surface area contributed by atoms with E-state index >= 15 is 0 Å². The molecule has 0 bridgehead atoms. The number of halogens is 1. The fourth-order valence-electron chi connectivity index (χ4n) is 1.76. The summed E-state index contributed by atoms with van der Waals surface area (Å²) in [5, 5.41) is 11.6. The van der Waals surface area contributed by atoms with Crippen LogP contribution in [0.15, 0.2) is 48.8 Å². The zero-order chi connectivity index (χ0) is 13.8. The van der Waals surface area contributed by atoms with Crippen molar-refractivity contribution >= 4 is 17.5 Å².